The van der Waals surface area contributed by atoms with Gasteiger partial charge in [0.15, 0.2) is 5.75 Å². The van der Waals surface area contributed by atoms with Crippen LogP contribution in [-0.2, 0) is 22.6 Å². The molecule has 8 heteroatoms. The summed E-state index contributed by atoms with van der Waals surface area (Å²) in [6.45, 7) is 3.70. The first-order chi connectivity index (χ1) is 14.9. The van der Waals surface area contributed by atoms with Crippen LogP contribution >= 0.6 is 11.6 Å². The number of aryl methyl sites for hydroxylation is 1. The lowest BCUT2D eigenvalue weighted by Crippen LogP contribution is -2.42. The lowest BCUT2D eigenvalue weighted by atomic mass is 10.1. The van der Waals surface area contributed by atoms with Gasteiger partial charge in [-0.05, 0) is 30.0 Å². The number of carbonyl (C=O) groups is 2. The van der Waals surface area contributed by atoms with Crippen molar-refractivity contribution in [3.63, 3.8) is 0 Å². The first-order valence-electron chi connectivity index (χ1n) is 9.86. The molecule has 0 aliphatic carbocycles. The molecule has 3 rings (SSSR count). The molecule has 1 amide bonds. The molecule has 1 N–H and O–H groups in total. The third kappa shape index (κ3) is 5.64. The zero-order chi connectivity index (χ0) is 22.4. The topological polar surface area (TPSA) is 94.8 Å². The van der Waals surface area contributed by atoms with Gasteiger partial charge in [0, 0.05) is 17.5 Å². The van der Waals surface area contributed by atoms with Crippen LogP contribution < -0.4 is 15.7 Å². The summed E-state index contributed by atoms with van der Waals surface area (Å²) in [6, 6.07) is 12.6. The largest absolute Gasteiger partial charge is 0.445 e. The molecule has 1 unspecified atom stereocenters. The Morgan fingerprint density at radius 1 is 1.13 bits per heavy atom. The van der Waals surface area contributed by atoms with E-state index in [1.165, 1.54) is 12.1 Å². The highest BCUT2D eigenvalue weighted by Gasteiger charge is 2.23. The van der Waals surface area contributed by atoms with Crippen molar-refractivity contribution < 1.29 is 23.5 Å². The molecule has 0 fully saturated rings. The molecular weight excluding hydrogens is 422 g/mol. The number of benzene rings is 2. The molecule has 0 radical (unpaired) electrons. The van der Waals surface area contributed by atoms with E-state index in [9.17, 15) is 14.4 Å². The Kier molecular flexibility index (Phi) is 7.31. The summed E-state index contributed by atoms with van der Waals surface area (Å²) >= 11 is 6.28. The maximum Gasteiger partial charge on any atom is 0.408 e. The van der Waals surface area contributed by atoms with Crippen LogP contribution in [0.2, 0.25) is 5.02 Å². The SMILES string of the molecule is CCc1cc(=O)oc2cc(OC(=O)C(CC)NC(=O)OCc3ccccc3)c(Cl)cc12. The molecule has 7 nitrogen and oxygen atoms in total. The van der Waals surface area contributed by atoms with Gasteiger partial charge in [-0.25, -0.2) is 14.4 Å². The second-order valence-electron chi connectivity index (χ2n) is 6.81. The standard InChI is InChI=1S/C23H22ClNO6/c1-3-15-10-21(26)30-19-12-20(17(24)11-16(15)19)31-22(27)18(4-2)25-23(28)29-13-14-8-6-5-7-9-14/h5-12,18H,3-4,13H2,1-2H3,(H,25,28). The molecule has 0 aliphatic heterocycles. The summed E-state index contributed by atoms with van der Waals surface area (Å²) in [4.78, 5) is 36.4. The summed E-state index contributed by atoms with van der Waals surface area (Å²) in [5.41, 5.74) is 1.36. The summed E-state index contributed by atoms with van der Waals surface area (Å²) in [6.07, 6.45) is 0.153. The van der Waals surface area contributed by atoms with Crippen molar-refractivity contribution in [2.24, 2.45) is 0 Å². The maximum absolute atomic E-state index is 12.6. The van der Waals surface area contributed by atoms with Crippen molar-refractivity contribution in [1.29, 1.82) is 0 Å². The number of carbonyl (C=O) groups excluding carboxylic acids is 2. The van der Waals surface area contributed by atoms with Crippen LogP contribution in [0.1, 0.15) is 31.4 Å². The fourth-order valence-corrected chi connectivity index (χ4v) is 3.22. The average molecular weight is 444 g/mol. The van der Waals surface area contributed by atoms with Gasteiger partial charge in [0.05, 0.1) is 5.02 Å². The minimum absolute atomic E-state index is 0.0356. The van der Waals surface area contributed by atoms with E-state index in [0.29, 0.717) is 11.8 Å². The van der Waals surface area contributed by atoms with Crippen LogP contribution in [-0.4, -0.2) is 18.1 Å². The van der Waals surface area contributed by atoms with Crippen molar-refractivity contribution in [2.75, 3.05) is 0 Å². The van der Waals surface area contributed by atoms with E-state index < -0.39 is 23.7 Å². The van der Waals surface area contributed by atoms with E-state index in [2.05, 4.69) is 5.32 Å². The van der Waals surface area contributed by atoms with Gasteiger partial charge in [0.1, 0.15) is 18.2 Å². The highest BCUT2D eigenvalue weighted by molar-refractivity contribution is 6.33. The third-order valence-electron chi connectivity index (χ3n) is 4.67. The zero-order valence-electron chi connectivity index (χ0n) is 17.1. The number of nitrogens with one attached hydrogen (secondary N) is 1. The van der Waals surface area contributed by atoms with Crippen molar-refractivity contribution in [1.82, 2.24) is 5.32 Å². The summed E-state index contributed by atoms with van der Waals surface area (Å²) in [5.74, 6) is -0.678. The Labute approximate surface area is 183 Å². The van der Waals surface area contributed by atoms with Gasteiger partial charge in [-0.1, -0.05) is 55.8 Å². The minimum atomic E-state index is -0.941. The van der Waals surface area contributed by atoms with Gasteiger partial charge in [0.2, 0.25) is 0 Å². The Balaban J connectivity index is 1.70. The fourth-order valence-electron chi connectivity index (χ4n) is 3.01. The van der Waals surface area contributed by atoms with E-state index in [1.54, 1.807) is 13.0 Å². The van der Waals surface area contributed by atoms with Crippen molar-refractivity contribution in [3.05, 3.63) is 75.1 Å². The molecule has 1 heterocycles. The Morgan fingerprint density at radius 3 is 2.55 bits per heavy atom. The summed E-state index contributed by atoms with van der Waals surface area (Å²) < 4.78 is 15.7. The molecule has 31 heavy (non-hydrogen) atoms. The number of hydrogen-bond donors (Lipinski definition) is 1. The molecule has 2 aromatic carbocycles. The number of alkyl carbamates (subject to hydrolysis) is 1. The summed E-state index contributed by atoms with van der Waals surface area (Å²) in [5, 5.41) is 3.34. The van der Waals surface area contributed by atoms with Crippen LogP contribution in [0.3, 0.4) is 0 Å². The molecular formula is C23H22ClNO6. The van der Waals surface area contributed by atoms with Gasteiger partial charge >= 0.3 is 17.7 Å². The lowest BCUT2D eigenvalue weighted by Gasteiger charge is -2.16. The van der Waals surface area contributed by atoms with Crippen LogP contribution in [0.4, 0.5) is 4.79 Å². The molecule has 1 aromatic heterocycles. The Morgan fingerprint density at radius 2 is 1.87 bits per heavy atom. The first-order valence-corrected chi connectivity index (χ1v) is 10.2. The molecule has 0 saturated carbocycles. The van der Waals surface area contributed by atoms with E-state index in [0.717, 1.165) is 11.1 Å². The van der Waals surface area contributed by atoms with Crippen LogP contribution in [0.5, 0.6) is 5.75 Å². The number of ether oxygens (including phenoxy) is 2. The first kappa shape index (κ1) is 22.4. The van der Waals surface area contributed by atoms with Gasteiger partial charge < -0.3 is 19.2 Å². The lowest BCUT2D eigenvalue weighted by molar-refractivity contribution is -0.136. The van der Waals surface area contributed by atoms with E-state index >= 15 is 0 Å². The Hall–Kier alpha value is -3.32. The molecule has 3 aromatic rings. The number of halogens is 1. The second-order valence-corrected chi connectivity index (χ2v) is 7.22. The van der Waals surface area contributed by atoms with Crippen molar-refractivity contribution in [2.45, 2.75) is 39.3 Å². The second kappa shape index (κ2) is 10.1. The zero-order valence-corrected chi connectivity index (χ0v) is 17.9. The van der Waals surface area contributed by atoms with E-state index in [1.807, 2.05) is 37.3 Å². The predicted molar refractivity (Wildman–Crippen MR) is 116 cm³/mol. The Bertz CT molecular complexity index is 1140. The van der Waals surface area contributed by atoms with E-state index in [4.69, 9.17) is 25.5 Å². The van der Waals surface area contributed by atoms with Crippen LogP contribution in [0.15, 0.2) is 57.7 Å². The normalized spacial score (nSPS) is 11.7. The predicted octanol–water partition coefficient (Wildman–Crippen LogP) is 4.62. The quantitative estimate of drug-likeness (QED) is 0.325. The number of fused-ring (bicyclic) bond motifs is 1. The van der Waals surface area contributed by atoms with Gasteiger partial charge in [-0.3, -0.25) is 0 Å². The number of hydrogen-bond acceptors (Lipinski definition) is 6. The van der Waals surface area contributed by atoms with Crippen LogP contribution in [0, 0.1) is 0 Å². The van der Waals surface area contributed by atoms with Gasteiger partial charge in [0.25, 0.3) is 0 Å². The molecule has 0 aliphatic rings. The molecule has 1 atom stereocenters. The third-order valence-corrected chi connectivity index (χ3v) is 4.97. The number of esters is 1. The van der Waals surface area contributed by atoms with Crippen LogP contribution in [0.25, 0.3) is 11.0 Å². The van der Waals surface area contributed by atoms with E-state index in [-0.39, 0.29) is 29.4 Å². The minimum Gasteiger partial charge on any atom is -0.445 e. The summed E-state index contributed by atoms with van der Waals surface area (Å²) in [7, 11) is 0. The number of amides is 1. The van der Waals surface area contributed by atoms with Crippen molar-refractivity contribution in [3.8, 4) is 5.75 Å². The monoisotopic (exact) mass is 443 g/mol. The molecule has 0 bridgehead atoms. The highest BCUT2D eigenvalue weighted by atomic mass is 35.5. The van der Waals surface area contributed by atoms with Crippen molar-refractivity contribution >= 4 is 34.6 Å². The van der Waals surface area contributed by atoms with Gasteiger partial charge in [-0.15, -0.1) is 0 Å². The molecule has 162 valence electrons. The average Bonchev–Trinajstić information content (AvgIpc) is 2.77. The number of rotatable bonds is 7. The van der Waals surface area contributed by atoms with Gasteiger partial charge in [-0.2, -0.15) is 0 Å². The highest BCUT2D eigenvalue weighted by Crippen LogP contribution is 2.31. The molecule has 0 saturated heterocycles. The molecule has 0 spiro atoms. The smallest absolute Gasteiger partial charge is 0.408 e. The maximum atomic E-state index is 12.6. The fraction of sp³-hybridized carbons (Fsp3) is 0.261.